The molecule has 6 nitrogen and oxygen atoms in total. The summed E-state index contributed by atoms with van der Waals surface area (Å²) in [6.07, 6.45) is 3.39. The Balaban J connectivity index is 1.60. The summed E-state index contributed by atoms with van der Waals surface area (Å²) >= 11 is 0. The van der Waals surface area contributed by atoms with Crippen LogP contribution in [0.3, 0.4) is 0 Å². The van der Waals surface area contributed by atoms with Gasteiger partial charge < -0.3 is 5.32 Å². The number of aromatic nitrogens is 4. The number of carbonyl (C=O) groups excluding carboxylic acids is 1. The number of para-hydroxylation sites is 1. The van der Waals surface area contributed by atoms with Crippen LogP contribution < -0.4 is 5.32 Å². The van der Waals surface area contributed by atoms with Crippen LogP contribution in [0.25, 0.3) is 33.2 Å². The van der Waals surface area contributed by atoms with E-state index in [2.05, 4.69) is 15.4 Å². The maximum Gasteiger partial charge on any atom is 0.256 e. The molecule has 5 rings (SSSR count). The van der Waals surface area contributed by atoms with Crippen molar-refractivity contribution in [3.8, 4) is 11.3 Å². The summed E-state index contributed by atoms with van der Waals surface area (Å²) in [6, 6.07) is 21.5. The van der Waals surface area contributed by atoms with Crippen molar-refractivity contribution in [2.75, 3.05) is 5.32 Å². The van der Waals surface area contributed by atoms with Crippen LogP contribution in [0, 0.1) is 0 Å². The van der Waals surface area contributed by atoms with Crippen molar-refractivity contribution in [3.63, 3.8) is 0 Å². The Morgan fingerprint density at radius 3 is 2.55 bits per heavy atom. The lowest BCUT2D eigenvalue weighted by molar-refractivity contribution is 0.102. The molecule has 3 aromatic heterocycles. The van der Waals surface area contributed by atoms with Gasteiger partial charge in [0.2, 0.25) is 0 Å². The van der Waals surface area contributed by atoms with Gasteiger partial charge in [-0.2, -0.15) is 5.10 Å². The number of benzene rings is 2. The van der Waals surface area contributed by atoms with Crippen molar-refractivity contribution in [3.05, 3.63) is 84.7 Å². The van der Waals surface area contributed by atoms with Gasteiger partial charge in [-0.1, -0.05) is 48.5 Å². The van der Waals surface area contributed by atoms with E-state index in [0.29, 0.717) is 16.9 Å². The van der Waals surface area contributed by atoms with E-state index in [0.717, 1.165) is 27.5 Å². The first-order valence-corrected chi connectivity index (χ1v) is 10.2. The Hall–Kier alpha value is -4.06. The van der Waals surface area contributed by atoms with Gasteiger partial charge in [0, 0.05) is 17.0 Å². The van der Waals surface area contributed by atoms with E-state index in [1.54, 1.807) is 12.4 Å². The third kappa shape index (κ3) is 3.53. The van der Waals surface area contributed by atoms with Crippen molar-refractivity contribution in [2.24, 2.45) is 0 Å². The molecular weight excluding hydrogens is 386 g/mol. The molecule has 0 aliphatic rings. The van der Waals surface area contributed by atoms with Crippen LogP contribution in [-0.4, -0.2) is 25.7 Å². The second-order valence-electron chi connectivity index (χ2n) is 7.71. The summed E-state index contributed by atoms with van der Waals surface area (Å²) in [6.45, 7) is 4.09. The molecule has 0 saturated heterocycles. The molecule has 0 spiro atoms. The zero-order valence-electron chi connectivity index (χ0n) is 17.3. The molecule has 0 aliphatic carbocycles. The first-order valence-electron chi connectivity index (χ1n) is 10.2. The Morgan fingerprint density at radius 1 is 0.968 bits per heavy atom. The lowest BCUT2D eigenvalue weighted by atomic mass is 10.1. The highest BCUT2D eigenvalue weighted by Gasteiger charge is 2.19. The number of pyridine rings is 2. The largest absolute Gasteiger partial charge is 0.321 e. The third-order valence-corrected chi connectivity index (χ3v) is 5.22. The molecule has 3 heterocycles. The highest BCUT2D eigenvalue weighted by atomic mass is 16.1. The average Bonchev–Trinajstić information content (AvgIpc) is 3.23. The van der Waals surface area contributed by atoms with Gasteiger partial charge in [-0.25, -0.2) is 9.67 Å². The van der Waals surface area contributed by atoms with Gasteiger partial charge in [-0.05, 0) is 32.0 Å². The molecule has 2 aromatic carbocycles. The summed E-state index contributed by atoms with van der Waals surface area (Å²) < 4.78 is 1.84. The van der Waals surface area contributed by atoms with Crippen molar-refractivity contribution >= 4 is 33.5 Å². The normalized spacial score (nSPS) is 11.3. The number of hydrogen-bond acceptors (Lipinski definition) is 4. The van der Waals surface area contributed by atoms with Gasteiger partial charge in [0.15, 0.2) is 5.65 Å². The predicted molar refractivity (Wildman–Crippen MR) is 123 cm³/mol. The molecule has 0 radical (unpaired) electrons. The molecule has 5 aromatic rings. The number of nitrogens with zero attached hydrogens (tertiary/aromatic N) is 4. The van der Waals surface area contributed by atoms with Crippen LogP contribution in [0.1, 0.15) is 30.2 Å². The van der Waals surface area contributed by atoms with Gasteiger partial charge in [0.1, 0.15) is 0 Å². The highest BCUT2D eigenvalue weighted by molar-refractivity contribution is 6.13. The Morgan fingerprint density at radius 2 is 1.74 bits per heavy atom. The zero-order chi connectivity index (χ0) is 21.4. The van der Waals surface area contributed by atoms with Crippen molar-refractivity contribution in [1.29, 1.82) is 0 Å². The summed E-state index contributed by atoms with van der Waals surface area (Å²) in [5, 5.41) is 9.17. The minimum absolute atomic E-state index is 0.122. The first kappa shape index (κ1) is 18.9. The van der Waals surface area contributed by atoms with Gasteiger partial charge in [-0.3, -0.25) is 9.78 Å². The zero-order valence-corrected chi connectivity index (χ0v) is 17.3. The Kier molecular flexibility index (Phi) is 4.67. The fourth-order valence-electron chi connectivity index (χ4n) is 3.68. The molecule has 0 bridgehead atoms. The molecule has 0 aliphatic heterocycles. The number of anilines is 1. The number of carbonyl (C=O) groups is 1. The maximum atomic E-state index is 13.3. The second-order valence-corrected chi connectivity index (χ2v) is 7.71. The Bertz CT molecular complexity index is 1410. The van der Waals surface area contributed by atoms with Gasteiger partial charge in [0.25, 0.3) is 5.91 Å². The topological polar surface area (TPSA) is 72.7 Å². The van der Waals surface area contributed by atoms with Crippen LogP contribution in [-0.2, 0) is 0 Å². The van der Waals surface area contributed by atoms with E-state index in [1.165, 1.54) is 0 Å². The third-order valence-electron chi connectivity index (χ3n) is 5.22. The van der Waals surface area contributed by atoms with E-state index in [9.17, 15) is 4.79 Å². The molecule has 0 atom stereocenters. The fraction of sp³-hybridized carbons (Fsp3) is 0.120. The average molecular weight is 407 g/mol. The summed E-state index contributed by atoms with van der Waals surface area (Å²) in [7, 11) is 0. The van der Waals surface area contributed by atoms with Crippen molar-refractivity contribution < 1.29 is 4.79 Å². The first-order chi connectivity index (χ1) is 15.1. The number of amides is 1. The summed E-state index contributed by atoms with van der Waals surface area (Å²) in [5.74, 6) is -0.218. The number of nitrogens with one attached hydrogen (secondary N) is 1. The fourth-order valence-corrected chi connectivity index (χ4v) is 3.68. The maximum absolute atomic E-state index is 13.3. The molecule has 1 amide bonds. The van der Waals surface area contributed by atoms with E-state index >= 15 is 0 Å². The second kappa shape index (κ2) is 7.65. The van der Waals surface area contributed by atoms with Crippen molar-refractivity contribution in [1.82, 2.24) is 19.7 Å². The molecular formula is C25H21N5O. The molecule has 1 N–H and O–H groups in total. The van der Waals surface area contributed by atoms with Crippen LogP contribution in [0.2, 0.25) is 0 Å². The van der Waals surface area contributed by atoms with E-state index in [-0.39, 0.29) is 11.9 Å². The molecule has 0 unspecified atom stereocenters. The van der Waals surface area contributed by atoms with Crippen LogP contribution in [0.5, 0.6) is 0 Å². The van der Waals surface area contributed by atoms with Gasteiger partial charge >= 0.3 is 0 Å². The van der Waals surface area contributed by atoms with Gasteiger partial charge in [-0.15, -0.1) is 0 Å². The minimum atomic E-state index is -0.218. The van der Waals surface area contributed by atoms with Crippen LogP contribution >= 0.6 is 0 Å². The van der Waals surface area contributed by atoms with E-state index in [4.69, 9.17) is 4.98 Å². The summed E-state index contributed by atoms with van der Waals surface area (Å²) in [5.41, 5.74) is 4.43. The monoisotopic (exact) mass is 407 g/mol. The van der Waals surface area contributed by atoms with E-state index < -0.39 is 0 Å². The quantitative estimate of drug-likeness (QED) is 0.428. The predicted octanol–water partition coefficient (Wildman–Crippen LogP) is 5.48. The lowest BCUT2D eigenvalue weighted by Crippen LogP contribution is -2.13. The standard InChI is InChI=1S/C25H21N5O/c1-16(2)30-24-21(15-27-30)20(13-23(29-24)17-8-4-3-5-9-17)25(31)28-19-12-18-10-6-7-11-22(18)26-14-19/h3-16H,1-2H3,(H,28,31). The minimum Gasteiger partial charge on any atom is -0.321 e. The smallest absolute Gasteiger partial charge is 0.256 e. The SMILES string of the molecule is CC(C)n1ncc2c(C(=O)Nc3cnc4ccccc4c3)cc(-c3ccccc3)nc21. The number of hydrogen-bond donors (Lipinski definition) is 1. The number of rotatable bonds is 4. The highest BCUT2D eigenvalue weighted by Crippen LogP contribution is 2.27. The number of fused-ring (bicyclic) bond motifs is 2. The molecule has 152 valence electrons. The van der Waals surface area contributed by atoms with Gasteiger partial charge in [0.05, 0.1) is 40.2 Å². The van der Waals surface area contributed by atoms with Crippen molar-refractivity contribution in [2.45, 2.75) is 19.9 Å². The summed E-state index contributed by atoms with van der Waals surface area (Å²) in [4.78, 5) is 22.6. The molecule has 0 saturated carbocycles. The molecule has 31 heavy (non-hydrogen) atoms. The van der Waals surface area contributed by atoms with Crippen LogP contribution in [0.4, 0.5) is 5.69 Å². The van der Waals surface area contributed by atoms with E-state index in [1.807, 2.05) is 85.3 Å². The Labute approximate surface area is 179 Å². The van der Waals surface area contributed by atoms with Crippen LogP contribution in [0.15, 0.2) is 79.1 Å². The molecule has 0 fully saturated rings. The molecule has 6 heteroatoms. The lowest BCUT2D eigenvalue weighted by Gasteiger charge is -2.11.